The maximum atomic E-state index is 11.5. The van der Waals surface area contributed by atoms with E-state index in [1.807, 2.05) is 0 Å². The first-order valence-corrected chi connectivity index (χ1v) is 3.25. The molecule has 0 aliphatic heterocycles. The van der Waals surface area contributed by atoms with Crippen LogP contribution in [0.4, 0.5) is 4.39 Å². The summed E-state index contributed by atoms with van der Waals surface area (Å²) in [5.74, 6) is 1.84. The fourth-order valence-electron chi connectivity index (χ4n) is 0.521. The fourth-order valence-corrected chi connectivity index (χ4v) is 0.521. The van der Waals surface area contributed by atoms with Crippen LogP contribution in [-0.4, -0.2) is 25.2 Å². The predicted octanol–water partition coefficient (Wildman–Crippen LogP) is -0.577. The molecule has 0 aromatic heterocycles. The molecule has 3 nitrogen and oxygen atoms in total. The van der Waals surface area contributed by atoms with Gasteiger partial charge in [0.05, 0.1) is 6.04 Å². The smallest absolute Gasteiger partial charge is 0.237 e. The third kappa shape index (κ3) is 4.34. The van der Waals surface area contributed by atoms with Gasteiger partial charge in [0.1, 0.15) is 6.67 Å². The molecule has 1 unspecified atom stereocenters. The molecule has 0 aliphatic rings. The lowest BCUT2D eigenvalue weighted by Gasteiger charge is -2.06. The quantitative estimate of drug-likeness (QED) is 0.538. The zero-order valence-corrected chi connectivity index (χ0v) is 6.14. The molecule has 1 atom stereocenters. The Kier molecular flexibility index (Phi) is 5.13. The monoisotopic (exact) mass is 158 g/mol. The number of halogens is 1. The van der Waals surface area contributed by atoms with Crippen molar-refractivity contribution in [2.75, 3.05) is 13.2 Å². The van der Waals surface area contributed by atoms with Crippen molar-refractivity contribution >= 4 is 5.91 Å². The van der Waals surface area contributed by atoms with Crippen molar-refractivity contribution in [1.82, 2.24) is 5.32 Å². The molecule has 0 fully saturated rings. The highest BCUT2D eigenvalue weighted by molar-refractivity contribution is 5.81. The molecule has 62 valence electrons. The third-order valence-electron chi connectivity index (χ3n) is 1.07. The first kappa shape index (κ1) is 9.92. The molecule has 1 amide bonds. The van der Waals surface area contributed by atoms with Crippen LogP contribution >= 0.6 is 0 Å². The number of nitrogens with two attached hydrogens (primary N) is 1. The Labute approximate surface area is 65.1 Å². The van der Waals surface area contributed by atoms with Gasteiger partial charge in [-0.25, -0.2) is 4.39 Å². The second kappa shape index (κ2) is 5.69. The average Bonchev–Trinajstić information content (AvgIpc) is 2.00. The van der Waals surface area contributed by atoms with Crippen molar-refractivity contribution in [1.29, 1.82) is 0 Å². The molecule has 4 heteroatoms. The number of terminal acetylenes is 1. The standard InChI is InChI=1S/C7H11FN2O/c1-2-3-6(9)7(11)10-5-4-8/h1,6H,3-5,9H2,(H,10,11). The number of carbonyl (C=O) groups is 1. The lowest BCUT2D eigenvalue weighted by Crippen LogP contribution is -2.41. The molecule has 0 aromatic carbocycles. The number of hydrogen-bond acceptors (Lipinski definition) is 2. The van der Waals surface area contributed by atoms with E-state index in [1.54, 1.807) is 0 Å². The van der Waals surface area contributed by atoms with Crippen molar-refractivity contribution in [2.24, 2.45) is 5.73 Å². The van der Waals surface area contributed by atoms with Gasteiger partial charge in [-0.05, 0) is 0 Å². The van der Waals surface area contributed by atoms with Gasteiger partial charge in [-0.15, -0.1) is 12.3 Å². The second-order valence-corrected chi connectivity index (χ2v) is 1.99. The highest BCUT2D eigenvalue weighted by Crippen LogP contribution is 1.84. The third-order valence-corrected chi connectivity index (χ3v) is 1.07. The first-order valence-electron chi connectivity index (χ1n) is 3.25. The van der Waals surface area contributed by atoms with Crippen molar-refractivity contribution < 1.29 is 9.18 Å². The Bertz CT molecular complexity index is 164. The van der Waals surface area contributed by atoms with Crippen LogP contribution in [0.5, 0.6) is 0 Å². The molecule has 3 N–H and O–H groups in total. The molecular formula is C7H11FN2O. The molecule has 0 aliphatic carbocycles. The molecular weight excluding hydrogens is 147 g/mol. The lowest BCUT2D eigenvalue weighted by molar-refractivity contribution is -0.122. The van der Waals surface area contributed by atoms with E-state index in [0.717, 1.165) is 0 Å². The summed E-state index contributed by atoms with van der Waals surface area (Å²) in [5.41, 5.74) is 5.29. The minimum absolute atomic E-state index is 0.00287. The maximum Gasteiger partial charge on any atom is 0.237 e. The van der Waals surface area contributed by atoms with E-state index in [0.29, 0.717) is 0 Å². The van der Waals surface area contributed by atoms with Crippen molar-refractivity contribution in [3.05, 3.63) is 0 Å². The summed E-state index contributed by atoms with van der Waals surface area (Å²) in [6.45, 7) is -0.592. The molecule has 0 saturated carbocycles. The van der Waals surface area contributed by atoms with E-state index in [1.165, 1.54) is 0 Å². The Balaban J connectivity index is 3.57. The number of nitrogens with one attached hydrogen (secondary N) is 1. The zero-order chi connectivity index (χ0) is 8.69. The van der Waals surface area contributed by atoms with Crippen molar-refractivity contribution in [3.63, 3.8) is 0 Å². The van der Waals surface area contributed by atoms with Gasteiger partial charge >= 0.3 is 0 Å². The second-order valence-electron chi connectivity index (χ2n) is 1.99. The van der Waals surface area contributed by atoms with Gasteiger partial charge in [-0.3, -0.25) is 4.79 Å². The summed E-state index contributed by atoms with van der Waals surface area (Å²) >= 11 is 0. The fraction of sp³-hybridized carbons (Fsp3) is 0.571. The Morgan fingerprint density at radius 1 is 1.82 bits per heavy atom. The Hall–Kier alpha value is -1.08. The number of hydrogen-bond donors (Lipinski definition) is 2. The van der Waals surface area contributed by atoms with Gasteiger partial charge in [-0.1, -0.05) is 0 Å². The Morgan fingerprint density at radius 3 is 2.91 bits per heavy atom. The van der Waals surface area contributed by atoms with Crippen molar-refractivity contribution in [2.45, 2.75) is 12.5 Å². The summed E-state index contributed by atoms with van der Waals surface area (Å²) in [4.78, 5) is 10.8. The highest BCUT2D eigenvalue weighted by Gasteiger charge is 2.09. The largest absolute Gasteiger partial charge is 0.352 e. The van der Waals surface area contributed by atoms with Crippen molar-refractivity contribution in [3.8, 4) is 12.3 Å². The van der Waals surface area contributed by atoms with Gasteiger partial charge in [-0.2, -0.15) is 0 Å². The predicted molar refractivity (Wildman–Crippen MR) is 40.4 cm³/mol. The van der Waals surface area contributed by atoms with Gasteiger partial charge in [0, 0.05) is 13.0 Å². The molecule has 0 saturated heterocycles. The normalized spacial score (nSPS) is 11.7. The van der Waals surface area contributed by atoms with Gasteiger partial charge in [0.15, 0.2) is 0 Å². The summed E-state index contributed by atoms with van der Waals surface area (Å²) in [6.07, 6.45) is 5.09. The number of rotatable bonds is 4. The SMILES string of the molecule is C#CCC(N)C(=O)NCCF. The van der Waals surface area contributed by atoms with E-state index < -0.39 is 18.6 Å². The summed E-state index contributed by atoms with van der Waals surface area (Å²) in [5, 5.41) is 2.28. The number of carbonyl (C=O) groups excluding carboxylic acids is 1. The van der Waals surface area contributed by atoms with Crippen LogP contribution in [0.2, 0.25) is 0 Å². The van der Waals surface area contributed by atoms with Crippen LogP contribution in [0.3, 0.4) is 0 Å². The molecule has 0 radical (unpaired) electrons. The van der Waals surface area contributed by atoms with Crippen LogP contribution < -0.4 is 11.1 Å². The minimum Gasteiger partial charge on any atom is -0.352 e. The van der Waals surface area contributed by atoms with Gasteiger partial charge in [0.25, 0.3) is 0 Å². The van der Waals surface area contributed by atoms with Crippen LogP contribution in [0.1, 0.15) is 6.42 Å². The maximum absolute atomic E-state index is 11.5. The van der Waals surface area contributed by atoms with E-state index in [9.17, 15) is 9.18 Å². The molecule has 0 spiro atoms. The average molecular weight is 158 g/mol. The van der Waals surface area contributed by atoms with Crippen LogP contribution in [0.15, 0.2) is 0 Å². The lowest BCUT2D eigenvalue weighted by atomic mass is 10.2. The van der Waals surface area contributed by atoms with E-state index in [4.69, 9.17) is 12.2 Å². The minimum atomic E-state index is -0.716. The molecule has 0 rings (SSSR count). The molecule has 11 heavy (non-hydrogen) atoms. The molecule has 0 aromatic rings. The topological polar surface area (TPSA) is 55.1 Å². The highest BCUT2D eigenvalue weighted by atomic mass is 19.1. The van der Waals surface area contributed by atoms with Gasteiger partial charge in [0.2, 0.25) is 5.91 Å². The van der Waals surface area contributed by atoms with E-state index in [2.05, 4.69) is 11.2 Å². The van der Waals surface area contributed by atoms with E-state index in [-0.39, 0.29) is 13.0 Å². The van der Waals surface area contributed by atoms with Crippen LogP contribution in [0.25, 0.3) is 0 Å². The zero-order valence-electron chi connectivity index (χ0n) is 6.14. The summed E-state index contributed by atoms with van der Waals surface area (Å²) < 4.78 is 11.5. The number of amides is 1. The van der Waals surface area contributed by atoms with Gasteiger partial charge < -0.3 is 11.1 Å². The van der Waals surface area contributed by atoms with E-state index >= 15 is 0 Å². The van der Waals surface area contributed by atoms with Crippen LogP contribution in [0, 0.1) is 12.3 Å². The summed E-state index contributed by atoms with van der Waals surface area (Å²) in [6, 6.07) is -0.716. The molecule has 0 heterocycles. The first-order chi connectivity index (χ1) is 5.22. The van der Waals surface area contributed by atoms with Crippen LogP contribution in [-0.2, 0) is 4.79 Å². The summed E-state index contributed by atoms with van der Waals surface area (Å²) in [7, 11) is 0. The number of alkyl halides is 1. The Morgan fingerprint density at radius 2 is 2.45 bits per heavy atom. The molecule has 0 bridgehead atoms.